The predicted molar refractivity (Wildman–Crippen MR) is 71.9 cm³/mol. The molecule has 0 saturated heterocycles. The van der Waals surface area contributed by atoms with Gasteiger partial charge < -0.3 is 10.0 Å². The van der Waals surface area contributed by atoms with Gasteiger partial charge in [0.2, 0.25) is 0 Å². The third-order valence-corrected chi connectivity index (χ3v) is 4.99. The maximum atomic E-state index is 9.35. The summed E-state index contributed by atoms with van der Waals surface area (Å²) in [6.45, 7) is 3.31. The minimum absolute atomic E-state index is 0.0649. The van der Waals surface area contributed by atoms with Gasteiger partial charge in [-0.2, -0.15) is 5.26 Å². The highest BCUT2D eigenvalue weighted by molar-refractivity contribution is 4.97. The van der Waals surface area contributed by atoms with Crippen LogP contribution in [0.4, 0.5) is 0 Å². The molecule has 1 N–H and O–H groups in total. The number of rotatable bonds is 4. The number of aliphatic hydroxyl groups is 1. The summed E-state index contributed by atoms with van der Waals surface area (Å²) in [4.78, 5) is 2.40. The third kappa shape index (κ3) is 3.05. The Morgan fingerprint density at radius 2 is 1.94 bits per heavy atom. The van der Waals surface area contributed by atoms with E-state index >= 15 is 0 Å². The summed E-state index contributed by atoms with van der Waals surface area (Å²) in [7, 11) is 2.16. The van der Waals surface area contributed by atoms with E-state index in [9.17, 15) is 10.4 Å². The van der Waals surface area contributed by atoms with Gasteiger partial charge in [0, 0.05) is 12.6 Å². The molecule has 3 heteroatoms. The van der Waals surface area contributed by atoms with Gasteiger partial charge in [0.1, 0.15) is 0 Å². The number of hydrogen-bond donors (Lipinski definition) is 1. The Morgan fingerprint density at radius 1 is 1.22 bits per heavy atom. The molecule has 0 bridgehead atoms. The van der Waals surface area contributed by atoms with E-state index in [1.165, 1.54) is 19.3 Å². The Morgan fingerprint density at radius 3 is 2.50 bits per heavy atom. The van der Waals surface area contributed by atoms with E-state index in [4.69, 9.17) is 0 Å². The summed E-state index contributed by atoms with van der Waals surface area (Å²) < 4.78 is 0. The molecule has 2 fully saturated rings. The van der Waals surface area contributed by atoms with Crippen LogP contribution in [0.3, 0.4) is 0 Å². The van der Waals surface area contributed by atoms with Crippen LogP contribution in [-0.2, 0) is 0 Å². The van der Waals surface area contributed by atoms with Crippen LogP contribution in [-0.4, -0.2) is 35.7 Å². The molecule has 3 nitrogen and oxygen atoms in total. The summed E-state index contributed by atoms with van der Waals surface area (Å²) in [6, 6.07) is 2.94. The number of nitriles is 1. The van der Waals surface area contributed by atoms with E-state index < -0.39 is 0 Å². The monoisotopic (exact) mass is 250 g/mol. The van der Waals surface area contributed by atoms with Gasteiger partial charge in [-0.15, -0.1) is 0 Å². The highest BCUT2D eigenvalue weighted by Crippen LogP contribution is 2.35. The molecular formula is C15H26N2O. The van der Waals surface area contributed by atoms with Crippen LogP contribution in [0.2, 0.25) is 0 Å². The zero-order chi connectivity index (χ0) is 13.1. The SMILES string of the molecule is CCC1CCC(C#N)C(N(C)CC2CC(O)C2)C1. The minimum atomic E-state index is -0.0649. The predicted octanol–water partition coefficient (Wildman–Crippen LogP) is 2.41. The molecular weight excluding hydrogens is 224 g/mol. The van der Waals surface area contributed by atoms with Crippen molar-refractivity contribution in [3.63, 3.8) is 0 Å². The molecule has 102 valence electrons. The molecule has 3 unspecified atom stereocenters. The topological polar surface area (TPSA) is 47.3 Å². The van der Waals surface area contributed by atoms with Gasteiger partial charge in [-0.25, -0.2) is 0 Å². The molecule has 0 aromatic heterocycles. The van der Waals surface area contributed by atoms with E-state index in [-0.39, 0.29) is 12.0 Å². The fourth-order valence-corrected chi connectivity index (χ4v) is 3.63. The van der Waals surface area contributed by atoms with E-state index in [1.807, 2.05) is 0 Å². The van der Waals surface area contributed by atoms with Gasteiger partial charge in [-0.3, -0.25) is 0 Å². The van der Waals surface area contributed by atoms with Gasteiger partial charge in [-0.05, 0) is 51.0 Å². The molecule has 2 aliphatic carbocycles. The van der Waals surface area contributed by atoms with Gasteiger partial charge in [-0.1, -0.05) is 13.3 Å². The lowest BCUT2D eigenvalue weighted by Crippen LogP contribution is -2.46. The summed E-state index contributed by atoms with van der Waals surface area (Å²) in [6.07, 6.45) is 6.55. The van der Waals surface area contributed by atoms with Crippen molar-refractivity contribution in [1.29, 1.82) is 5.26 Å². The molecule has 0 spiro atoms. The first-order valence-electron chi connectivity index (χ1n) is 7.42. The molecule has 0 aliphatic heterocycles. The zero-order valence-electron chi connectivity index (χ0n) is 11.7. The normalized spacial score (nSPS) is 40.3. The van der Waals surface area contributed by atoms with Crippen LogP contribution >= 0.6 is 0 Å². The standard InChI is InChI=1S/C15H26N2O/c1-3-11-4-5-13(9-16)15(8-11)17(2)10-12-6-14(18)7-12/h11-15,18H,3-8,10H2,1-2H3. The van der Waals surface area contributed by atoms with E-state index in [0.29, 0.717) is 12.0 Å². The Balaban J connectivity index is 1.88. The van der Waals surface area contributed by atoms with Crippen molar-refractivity contribution < 1.29 is 5.11 Å². The Hall–Kier alpha value is -0.590. The van der Waals surface area contributed by atoms with E-state index in [0.717, 1.165) is 31.7 Å². The largest absolute Gasteiger partial charge is 0.393 e. The van der Waals surface area contributed by atoms with Crippen LogP contribution in [0.15, 0.2) is 0 Å². The highest BCUT2D eigenvalue weighted by Gasteiger charge is 2.35. The second-order valence-electron chi connectivity index (χ2n) is 6.32. The van der Waals surface area contributed by atoms with Gasteiger partial charge in [0.25, 0.3) is 0 Å². The molecule has 0 radical (unpaired) electrons. The average Bonchev–Trinajstić information content (AvgIpc) is 2.36. The molecule has 2 aliphatic rings. The second kappa shape index (κ2) is 6.04. The van der Waals surface area contributed by atoms with Crippen LogP contribution in [0.5, 0.6) is 0 Å². The van der Waals surface area contributed by atoms with Crippen molar-refractivity contribution in [3.05, 3.63) is 0 Å². The van der Waals surface area contributed by atoms with Crippen LogP contribution in [0.25, 0.3) is 0 Å². The van der Waals surface area contributed by atoms with Crippen molar-refractivity contribution in [2.24, 2.45) is 17.8 Å². The lowest BCUT2D eigenvalue weighted by Gasteiger charge is -2.42. The van der Waals surface area contributed by atoms with Crippen molar-refractivity contribution in [2.45, 2.75) is 57.6 Å². The van der Waals surface area contributed by atoms with Crippen LogP contribution in [0, 0.1) is 29.1 Å². The molecule has 0 aromatic rings. The lowest BCUT2D eigenvalue weighted by molar-refractivity contribution is 0.0120. The molecule has 3 atom stereocenters. The fraction of sp³-hybridized carbons (Fsp3) is 0.933. The van der Waals surface area contributed by atoms with Gasteiger partial charge >= 0.3 is 0 Å². The zero-order valence-corrected chi connectivity index (χ0v) is 11.7. The summed E-state index contributed by atoms with van der Waals surface area (Å²) in [5.41, 5.74) is 0. The molecule has 18 heavy (non-hydrogen) atoms. The van der Waals surface area contributed by atoms with Gasteiger partial charge in [0.05, 0.1) is 18.1 Å². The Bertz CT molecular complexity index is 306. The first-order valence-corrected chi connectivity index (χ1v) is 7.42. The smallest absolute Gasteiger partial charge is 0.0672 e. The van der Waals surface area contributed by atoms with Crippen molar-refractivity contribution >= 4 is 0 Å². The highest BCUT2D eigenvalue weighted by atomic mass is 16.3. The maximum absolute atomic E-state index is 9.35. The van der Waals surface area contributed by atoms with Crippen molar-refractivity contribution in [3.8, 4) is 6.07 Å². The third-order valence-electron chi connectivity index (χ3n) is 4.99. The average molecular weight is 250 g/mol. The number of aliphatic hydroxyl groups excluding tert-OH is 1. The Kier molecular flexibility index (Phi) is 4.64. The molecule has 2 saturated carbocycles. The van der Waals surface area contributed by atoms with Gasteiger partial charge in [0.15, 0.2) is 0 Å². The second-order valence-corrected chi connectivity index (χ2v) is 6.32. The molecule has 0 heterocycles. The lowest BCUT2D eigenvalue weighted by atomic mass is 9.76. The molecule has 2 rings (SSSR count). The minimum Gasteiger partial charge on any atom is -0.393 e. The van der Waals surface area contributed by atoms with E-state index in [2.05, 4.69) is 24.9 Å². The fourth-order valence-electron chi connectivity index (χ4n) is 3.63. The Labute approximate surface area is 111 Å². The van der Waals surface area contributed by atoms with Crippen LogP contribution in [0.1, 0.15) is 45.4 Å². The van der Waals surface area contributed by atoms with Crippen molar-refractivity contribution in [2.75, 3.05) is 13.6 Å². The van der Waals surface area contributed by atoms with Crippen LogP contribution < -0.4 is 0 Å². The summed E-state index contributed by atoms with van der Waals surface area (Å²) >= 11 is 0. The quantitative estimate of drug-likeness (QED) is 0.833. The summed E-state index contributed by atoms with van der Waals surface area (Å²) in [5.74, 6) is 1.66. The number of hydrogen-bond acceptors (Lipinski definition) is 3. The molecule has 0 aromatic carbocycles. The maximum Gasteiger partial charge on any atom is 0.0672 e. The molecule has 0 amide bonds. The first kappa shape index (κ1) is 13.8. The first-order chi connectivity index (χ1) is 8.63. The number of nitrogens with zero attached hydrogens (tertiary/aromatic N) is 2. The summed E-state index contributed by atoms with van der Waals surface area (Å²) in [5, 5.41) is 18.6. The van der Waals surface area contributed by atoms with Crippen molar-refractivity contribution in [1.82, 2.24) is 4.90 Å². The van der Waals surface area contributed by atoms with E-state index in [1.54, 1.807) is 0 Å².